The minimum absolute atomic E-state index is 0.0441. The van der Waals surface area contributed by atoms with Gasteiger partial charge in [-0.15, -0.1) is 0 Å². The highest BCUT2D eigenvalue weighted by molar-refractivity contribution is 6.37. The molecule has 5 heteroatoms. The van der Waals surface area contributed by atoms with E-state index in [9.17, 15) is 9.90 Å². The number of carboxylic acids is 1. The number of carbonyl (C=O) groups is 1. The monoisotopic (exact) mass is 453 g/mol. The molecule has 0 aliphatic heterocycles. The molecule has 1 heterocycles. The van der Waals surface area contributed by atoms with Crippen LogP contribution in [0.4, 0.5) is 0 Å². The summed E-state index contributed by atoms with van der Waals surface area (Å²) in [6.07, 6.45) is 4.47. The Morgan fingerprint density at radius 2 is 1.81 bits per heavy atom. The van der Waals surface area contributed by atoms with Crippen LogP contribution in [0.25, 0.3) is 22.6 Å². The molecule has 1 aliphatic carbocycles. The van der Waals surface area contributed by atoms with Gasteiger partial charge in [0.1, 0.15) is 0 Å². The number of pyridine rings is 1. The van der Waals surface area contributed by atoms with E-state index in [1.165, 1.54) is 0 Å². The Bertz CT molecular complexity index is 1190. The van der Waals surface area contributed by atoms with Crippen molar-refractivity contribution in [2.75, 3.05) is 0 Å². The van der Waals surface area contributed by atoms with Gasteiger partial charge in [-0.05, 0) is 59.6 Å². The molecule has 0 saturated carbocycles. The molecule has 1 atom stereocenters. The van der Waals surface area contributed by atoms with E-state index in [-0.39, 0.29) is 11.3 Å². The zero-order valence-corrected chi connectivity index (χ0v) is 19.4. The summed E-state index contributed by atoms with van der Waals surface area (Å²) >= 11 is 12.9. The highest BCUT2D eigenvalue weighted by atomic mass is 35.5. The molecule has 2 aromatic carbocycles. The summed E-state index contributed by atoms with van der Waals surface area (Å²) in [6, 6.07) is 12.9. The van der Waals surface area contributed by atoms with Gasteiger partial charge in [0, 0.05) is 21.0 Å². The Morgan fingerprint density at radius 1 is 1.13 bits per heavy atom. The number of allylic oxidation sites excluding steroid dienone is 1. The summed E-state index contributed by atoms with van der Waals surface area (Å²) in [5, 5.41) is 12.0. The molecule has 1 aliphatic rings. The summed E-state index contributed by atoms with van der Waals surface area (Å²) in [7, 11) is 0. The largest absolute Gasteiger partial charge is 0.478 e. The lowest BCUT2D eigenvalue weighted by Gasteiger charge is -2.38. The van der Waals surface area contributed by atoms with E-state index in [0.29, 0.717) is 32.9 Å². The molecule has 0 amide bonds. The standard InChI is InChI=1S/C26H25Cl2NO2/c1-4-26(2,3)16-12-15(13-18-20(27)9-7-10-21(18)28)24-19(14-16)23(25(30)31)17-8-5-6-11-22(17)29-24/h5-11,13,16H,4,12,14H2,1-3H3,(H,30,31). The van der Waals surface area contributed by atoms with Crippen molar-refractivity contribution in [1.82, 2.24) is 4.98 Å². The number of halogens is 2. The van der Waals surface area contributed by atoms with Crippen LogP contribution in [0.3, 0.4) is 0 Å². The van der Waals surface area contributed by atoms with E-state index >= 15 is 0 Å². The lowest BCUT2D eigenvalue weighted by atomic mass is 9.67. The zero-order chi connectivity index (χ0) is 22.3. The number of aromatic carboxylic acids is 1. The number of nitrogens with zero attached hydrogens (tertiary/aromatic N) is 1. The van der Waals surface area contributed by atoms with Crippen LogP contribution in [0.5, 0.6) is 0 Å². The number of carboxylic acid groups (broad SMARTS) is 1. The molecule has 1 unspecified atom stereocenters. The van der Waals surface area contributed by atoms with Crippen LogP contribution < -0.4 is 0 Å². The van der Waals surface area contributed by atoms with Gasteiger partial charge in [-0.25, -0.2) is 9.78 Å². The molecule has 3 nitrogen and oxygen atoms in total. The second kappa shape index (κ2) is 8.29. The van der Waals surface area contributed by atoms with Crippen LogP contribution >= 0.6 is 23.2 Å². The first-order chi connectivity index (χ1) is 14.7. The van der Waals surface area contributed by atoms with Gasteiger partial charge in [-0.2, -0.15) is 0 Å². The SMILES string of the molecule is CCC(C)(C)C1CC(=Cc2c(Cl)cccc2Cl)c2nc3ccccc3c(C(=O)O)c2C1. The fourth-order valence-corrected chi connectivity index (χ4v) is 4.94. The molecule has 3 aromatic rings. The quantitative estimate of drug-likeness (QED) is 0.438. The van der Waals surface area contributed by atoms with E-state index in [1.54, 1.807) is 0 Å². The van der Waals surface area contributed by atoms with Crippen LogP contribution in [0.1, 0.15) is 60.8 Å². The number of hydrogen-bond acceptors (Lipinski definition) is 2. The minimum atomic E-state index is -0.917. The van der Waals surface area contributed by atoms with Crippen LogP contribution in [0.15, 0.2) is 42.5 Å². The van der Waals surface area contributed by atoms with Crippen molar-refractivity contribution >= 4 is 51.7 Å². The molecule has 1 N–H and O–H groups in total. The number of para-hydroxylation sites is 1. The lowest BCUT2D eigenvalue weighted by molar-refractivity contribution is 0.0696. The predicted octanol–water partition coefficient (Wildman–Crippen LogP) is 7.78. The normalized spacial score (nSPS) is 17.7. The Labute approximate surface area is 192 Å². The van der Waals surface area contributed by atoms with E-state index in [2.05, 4.69) is 20.8 Å². The molecule has 0 bridgehead atoms. The third-order valence-electron chi connectivity index (χ3n) is 6.76. The highest BCUT2D eigenvalue weighted by Gasteiger charge is 2.36. The fraction of sp³-hybridized carbons (Fsp3) is 0.308. The number of hydrogen-bond donors (Lipinski definition) is 1. The molecule has 0 spiro atoms. The smallest absolute Gasteiger partial charge is 0.336 e. The van der Waals surface area contributed by atoms with Crippen molar-refractivity contribution < 1.29 is 9.90 Å². The minimum Gasteiger partial charge on any atom is -0.478 e. The summed E-state index contributed by atoms with van der Waals surface area (Å²) in [5.74, 6) is -0.640. The van der Waals surface area contributed by atoms with Gasteiger partial charge in [-0.1, -0.05) is 74.7 Å². The first kappa shape index (κ1) is 21.9. The Balaban J connectivity index is 2.03. The van der Waals surface area contributed by atoms with Gasteiger partial charge in [0.15, 0.2) is 0 Å². The lowest BCUT2D eigenvalue weighted by Crippen LogP contribution is -2.30. The average molecular weight is 454 g/mol. The van der Waals surface area contributed by atoms with Crippen LogP contribution in [-0.2, 0) is 6.42 Å². The Hall–Kier alpha value is -2.36. The van der Waals surface area contributed by atoms with E-state index < -0.39 is 5.97 Å². The summed E-state index contributed by atoms with van der Waals surface area (Å²) in [6.45, 7) is 6.68. The maximum atomic E-state index is 12.4. The number of fused-ring (bicyclic) bond motifs is 2. The maximum absolute atomic E-state index is 12.4. The number of benzene rings is 2. The van der Waals surface area contributed by atoms with Crippen LogP contribution in [0.2, 0.25) is 10.0 Å². The van der Waals surface area contributed by atoms with E-state index in [0.717, 1.165) is 35.2 Å². The van der Waals surface area contributed by atoms with Gasteiger partial charge in [0.2, 0.25) is 0 Å². The predicted molar refractivity (Wildman–Crippen MR) is 129 cm³/mol. The summed E-state index contributed by atoms with van der Waals surface area (Å²) in [4.78, 5) is 17.3. The van der Waals surface area contributed by atoms with Crippen LogP contribution in [-0.4, -0.2) is 16.1 Å². The highest BCUT2D eigenvalue weighted by Crippen LogP contribution is 2.46. The van der Waals surface area contributed by atoms with Crippen molar-refractivity contribution in [2.45, 2.75) is 40.0 Å². The molecule has 31 heavy (non-hydrogen) atoms. The fourth-order valence-electron chi connectivity index (χ4n) is 4.43. The van der Waals surface area contributed by atoms with Crippen LogP contribution in [0, 0.1) is 11.3 Å². The Morgan fingerprint density at radius 3 is 2.45 bits per heavy atom. The molecule has 160 valence electrons. The Kier molecular flexibility index (Phi) is 5.85. The van der Waals surface area contributed by atoms with E-state index in [1.807, 2.05) is 48.5 Å². The average Bonchev–Trinajstić information content (AvgIpc) is 2.74. The second-order valence-corrected chi connectivity index (χ2v) is 9.70. The van der Waals surface area contributed by atoms with Gasteiger partial charge >= 0.3 is 5.97 Å². The first-order valence-corrected chi connectivity index (χ1v) is 11.3. The number of aromatic nitrogens is 1. The molecule has 0 fully saturated rings. The molecular weight excluding hydrogens is 429 g/mol. The van der Waals surface area contributed by atoms with Crippen molar-refractivity contribution in [3.8, 4) is 0 Å². The molecule has 4 rings (SSSR count). The van der Waals surface area contributed by atoms with Crippen molar-refractivity contribution in [2.24, 2.45) is 11.3 Å². The molecular formula is C26H25Cl2NO2. The third-order valence-corrected chi connectivity index (χ3v) is 7.42. The third kappa shape index (κ3) is 3.97. The second-order valence-electron chi connectivity index (χ2n) is 8.89. The van der Waals surface area contributed by atoms with Gasteiger partial charge in [0.05, 0.1) is 16.8 Å². The summed E-state index contributed by atoms with van der Waals surface area (Å²) in [5.41, 5.74) is 4.36. The maximum Gasteiger partial charge on any atom is 0.336 e. The number of rotatable bonds is 4. The van der Waals surface area contributed by atoms with Gasteiger partial charge in [0.25, 0.3) is 0 Å². The zero-order valence-electron chi connectivity index (χ0n) is 17.9. The van der Waals surface area contributed by atoms with Gasteiger partial charge in [-0.3, -0.25) is 0 Å². The van der Waals surface area contributed by atoms with Gasteiger partial charge < -0.3 is 5.11 Å². The molecule has 0 radical (unpaired) electrons. The molecule has 0 saturated heterocycles. The molecule has 1 aromatic heterocycles. The van der Waals surface area contributed by atoms with Crippen molar-refractivity contribution in [3.05, 3.63) is 74.9 Å². The summed E-state index contributed by atoms with van der Waals surface area (Å²) < 4.78 is 0. The van der Waals surface area contributed by atoms with Crippen molar-refractivity contribution in [3.63, 3.8) is 0 Å². The topological polar surface area (TPSA) is 50.2 Å². The first-order valence-electron chi connectivity index (χ1n) is 10.5. The van der Waals surface area contributed by atoms with E-state index in [4.69, 9.17) is 28.2 Å². The van der Waals surface area contributed by atoms with Crippen molar-refractivity contribution in [1.29, 1.82) is 0 Å².